The van der Waals surface area contributed by atoms with Crippen LogP contribution in [-0.2, 0) is 7.05 Å². The monoisotopic (exact) mass is 265 g/mol. The predicted molar refractivity (Wildman–Crippen MR) is 75.0 cm³/mol. The van der Waals surface area contributed by atoms with Crippen LogP contribution < -0.4 is 5.73 Å². The first kappa shape index (κ1) is 13.9. The van der Waals surface area contributed by atoms with E-state index in [-0.39, 0.29) is 5.91 Å². The van der Waals surface area contributed by atoms with Gasteiger partial charge in [0.1, 0.15) is 5.69 Å². The van der Waals surface area contributed by atoms with Crippen molar-refractivity contribution in [1.82, 2.24) is 19.6 Å². The summed E-state index contributed by atoms with van der Waals surface area (Å²) in [7, 11) is 1.77. The SMILES string of the molecule is CCCN1CCN(C(=O)c2c(N)c(C)nn2C)CC1. The molecule has 1 saturated heterocycles. The Balaban J connectivity index is 2.05. The van der Waals surface area contributed by atoms with Gasteiger partial charge in [0.05, 0.1) is 11.4 Å². The van der Waals surface area contributed by atoms with Crippen LogP contribution >= 0.6 is 0 Å². The zero-order valence-electron chi connectivity index (χ0n) is 12.0. The maximum absolute atomic E-state index is 12.5. The number of hydrogen-bond donors (Lipinski definition) is 1. The van der Waals surface area contributed by atoms with E-state index in [0.29, 0.717) is 11.4 Å². The van der Waals surface area contributed by atoms with Crippen LogP contribution in [0.5, 0.6) is 0 Å². The van der Waals surface area contributed by atoms with Crippen LogP contribution in [0, 0.1) is 6.92 Å². The number of nitrogens with two attached hydrogens (primary N) is 1. The number of hydrogen-bond acceptors (Lipinski definition) is 4. The number of anilines is 1. The lowest BCUT2D eigenvalue weighted by Gasteiger charge is -2.34. The van der Waals surface area contributed by atoms with E-state index >= 15 is 0 Å². The van der Waals surface area contributed by atoms with Crippen LogP contribution in [0.4, 0.5) is 5.69 Å². The van der Waals surface area contributed by atoms with Gasteiger partial charge < -0.3 is 10.6 Å². The van der Waals surface area contributed by atoms with Crippen LogP contribution in [0.15, 0.2) is 0 Å². The van der Waals surface area contributed by atoms with Gasteiger partial charge in [-0.2, -0.15) is 5.10 Å². The van der Waals surface area contributed by atoms with Crippen molar-refractivity contribution in [1.29, 1.82) is 0 Å². The van der Waals surface area contributed by atoms with E-state index in [4.69, 9.17) is 5.73 Å². The third-order valence-electron chi connectivity index (χ3n) is 3.67. The lowest BCUT2D eigenvalue weighted by atomic mass is 10.2. The Bertz CT molecular complexity index is 460. The molecule has 0 radical (unpaired) electrons. The Morgan fingerprint density at radius 1 is 1.32 bits per heavy atom. The lowest BCUT2D eigenvalue weighted by molar-refractivity contribution is 0.0628. The largest absolute Gasteiger partial charge is 0.395 e. The quantitative estimate of drug-likeness (QED) is 0.863. The van der Waals surface area contributed by atoms with E-state index in [2.05, 4.69) is 16.9 Å². The molecule has 0 spiro atoms. The fourth-order valence-electron chi connectivity index (χ4n) is 2.57. The van der Waals surface area contributed by atoms with Crippen LogP contribution in [0.25, 0.3) is 0 Å². The highest BCUT2D eigenvalue weighted by Crippen LogP contribution is 2.18. The summed E-state index contributed by atoms with van der Waals surface area (Å²) in [6.45, 7) is 8.52. The summed E-state index contributed by atoms with van der Waals surface area (Å²) in [6, 6.07) is 0. The molecule has 2 N–H and O–H groups in total. The van der Waals surface area contributed by atoms with Gasteiger partial charge in [-0.15, -0.1) is 0 Å². The highest BCUT2D eigenvalue weighted by molar-refractivity contribution is 5.98. The molecule has 106 valence electrons. The summed E-state index contributed by atoms with van der Waals surface area (Å²) >= 11 is 0. The summed E-state index contributed by atoms with van der Waals surface area (Å²) in [4.78, 5) is 16.8. The molecule has 6 heteroatoms. The number of carbonyl (C=O) groups excluding carboxylic acids is 1. The number of piperazine rings is 1. The molecule has 6 nitrogen and oxygen atoms in total. The van der Waals surface area contributed by atoms with E-state index in [0.717, 1.165) is 44.8 Å². The molecule has 0 aromatic carbocycles. The van der Waals surface area contributed by atoms with Gasteiger partial charge in [-0.1, -0.05) is 6.92 Å². The van der Waals surface area contributed by atoms with Gasteiger partial charge in [0.2, 0.25) is 0 Å². The molecule has 2 heterocycles. The van der Waals surface area contributed by atoms with Gasteiger partial charge in [-0.3, -0.25) is 14.4 Å². The topological polar surface area (TPSA) is 67.4 Å². The van der Waals surface area contributed by atoms with E-state index in [1.54, 1.807) is 11.7 Å². The van der Waals surface area contributed by atoms with Gasteiger partial charge in [-0.05, 0) is 19.9 Å². The molecule has 0 atom stereocenters. The summed E-state index contributed by atoms with van der Waals surface area (Å²) in [5.74, 6) is -0.00301. The normalized spacial score (nSPS) is 16.9. The van der Waals surface area contributed by atoms with E-state index < -0.39 is 0 Å². The average Bonchev–Trinajstić information content (AvgIpc) is 2.64. The van der Waals surface area contributed by atoms with Crippen molar-refractivity contribution >= 4 is 11.6 Å². The molecule has 1 aliphatic rings. The number of aromatic nitrogens is 2. The van der Waals surface area contributed by atoms with Gasteiger partial charge in [0.25, 0.3) is 5.91 Å². The number of aryl methyl sites for hydroxylation is 2. The lowest BCUT2D eigenvalue weighted by Crippen LogP contribution is -2.49. The van der Waals surface area contributed by atoms with Crippen LogP contribution in [0.3, 0.4) is 0 Å². The summed E-state index contributed by atoms with van der Waals surface area (Å²) in [5, 5.41) is 4.20. The molecule has 1 amide bonds. The van der Waals surface area contributed by atoms with Gasteiger partial charge in [-0.25, -0.2) is 0 Å². The Morgan fingerprint density at radius 2 is 1.95 bits per heavy atom. The molecule has 19 heavy (non-hydrogen) atoms. The van der Waals surface area contributed by atoms with Crippen molar-refractivity contribution in [3.8, 4) is 0 Å². The van der Waals surface area contributed by atoms with Crippen molar-refractivity contribution < 1.29 is 4.79 Å². The minimum absolute atomic E-state index is 0.00301. The van der Waals surface area contributed by atoms with Gasteiger partial charge in [0.15, 0.2) is 0 Å². The van der Waals surface area contributed by atoms with Crippen molar-refractivity contribution in [3.63, 3.8) is 0 Å². The number of nitrogens with zero attached hydrogens (tertiary/aromatic N) is 4. The predicted octanol–water partition coefficient (Wildman–Crippen LogP) is 0.479. The van der Waals surface area contributed by atoms with Crippen LogP contribution in [0.1, 0.15) is 29.5 Å². The zero-order valence-corrected chi connectivity index (χ0v) is 12.0. The number of amides is 1. The Labute approximate surface area is 114 Å². The Kier molecular flexibility index (Phi) is 4.09. The molecule has 1 aromatic heterocycles. The first-order valence-electron chi connectivity index (χ1n) is 6.85. The van der Waals surface area contributed by atoms with E-state index in [9.17, 15) is 4.79 Å². The molecule has 1 aliphatic heterocycles. The third kappa shape index (κ3) is 2.73. The van der Waals surface area contributed by atoms with Crippen LogP contribution in [0.2, 0.25) is 0 Å². The second-order valence-electron chi connectivity index (χ2n) is 5.11. The average molecular weight is 265 g/mol. The standard InChI is InChI=1S/C13H23N5O/c1-4-5-17-6-8-18(9-7-17)13(19)12-11(14)10(2)15-16(12)3/h4-9,14H2,1-3H3. The van der Waals surface area contributed by atoms with Crippen molar-refractivity contribution in [2.75, 3.05) is 38.5 Å². The maximum Gasteiger partial charge on any atom is 0.274 e. The highest BCUT2D eigenvalue weighted by atomic mass is 16.2. The van der Waals surface area contributed by atoms with Crippen molar-refractivity contribution in [3.05, 3.63) is 11.4 Å². The number of carbonyl (C=O) groups is 1. The smallest absolute Gasteiger partial charge is 0.274 e. The molecular formula is C13H23N5O. The molecule has 1 aromatic rings. The second kappa shape index (κ2) is 5.61. The number of rotatable bonds is 3. The Hall–Kier alpha value is -1.56. The van der Waals surface area contributed by atoms with E-state index in [1.807, 2.05) is 11.8 Å². The molecule has 0 saturated carbocycles. The highest BCUT2D eigenvalue weighted by Gasteiger charge is 2.26. The number of nitrogen functional groups attached to an aromatic ring is 1. The first-order valence-corrected chi connectivity index (χ1v) is 6.85. The minimum atomic E-state index is -0.00301. The van der Waals surface area contributed by atoms with Crippen molar-refractivity contribution in [2.45, 2.75) is 20.3 Å². The van der Waals surface area contributed by atoms with Crippen LogP contribution in [-0.4, -0.2) is 58.2 Å². The minimum Gasteiger partial charge on any atom is -0.395 e. The molecule has 0 bridgehead atoms. The summed E-state index contributed by atoms with van der Waals surface area (Å²) in [5.41, 5.74) is 7.68. The van der Waals surface area contributed by atoms with E-state index in [1.165, 1.54) is 0 Å². The molecule has 2 rings (SSSR count). The summed E-state index contributed by atoms with van der Waals surface area (Å²) in [6.07, 6.45) is 1.15. The molecular weight excluding hydrogens is 242 g/mol. The molecule has 1 fully saturated rings. The fraction of sp³-hybridized carbons (Fsp3) is 0.692. The zero-order chi connectivity index (χ0) is 14.0. The van der Waals surface area contributed by atoms with Crippen molar-refractivity contribution in [2.24, 2.45) is 7.05 Å². The van der Waals surface area contributed by atoms with Gasteiger partial charge >= 0.3 is 0 Å². The fourth-order valence-corrected chi connectivity index (χ4v) is 2.57. The third-order valence-corrected chi connectivity index (χ3v) is 3.67. The summed E-state index contributed by atoms with van der Waals surface area (Å²) < 4.78 is 1.59. The maximum atomic E-state index is 12.5. The molecule has 0 aliphatic carbocycles. The second-order valence-corrected chi connectivity index (χ2v) is 5.11. The van der Waals surface area contributed by atoms with Gasteiger partial charge in [0, 0.05) is 33.2 Å². The molecule has 0 unspecified atom stereocenters. The first-order chi connectivity index (χ1) is 9.04. The Morgan fingerprint density at radius 3 is 2.42 bits per heavy atom.